The number of halogens is 6. The van der Waals surface area contributed by atoms with Crippen molar-refractivity contribution in [2.75, 3.05) is 39.3 Å². The van der Waals surface area contributed by atoms with Crippen LogP contribution in [0.1, 0.15) is 19.3 Å². The van der Waals surface area contributed by atoms with Gasteiger partial charge >= 0.3 is 12.3 Å². The van der Waals surface area contributed by atoms with Crippen molar-refractivity contribution in [3.63, 3.8) is 0 Å². The molecule has 1 saturated carbocycles. The summed E-state index contributed by atoms with van der Waals surface area (Å²) in [4.78, 5) is 15.4. The lowest BCUT2D eigenvalue weighted by atomic mass is 9.94. The van der Waals surface area contributed by atoms with Gasteiger partial charge in [0.15, 0.2) is 0 Å². The minimum absolute atomic E-state index is 0. The van der Waals surface area contributed by atoms with E-state index in [2.05, 4.69) is 0 Å². The number of nitrogens with zero attached hydrogens (tertiary/aromatic N) is 2. The summed E-state index contributed by atoms with van der Waals surface area (Å²) in [6, 6.07) is 0. The zero-order chi connectivity index (χ0) is 16.3. The Balaban J connectivity index is 0.00000264. The van der Waals surface area contributed by atoms with Gasteiger partial charge in [0.1, 0.15) is 0 Å². The van der Waals surface area contributed by atoms with Crippen molar-refractivity contribution in [2.24, 2.45) is 17.6 Å². The lowest BCUT2D eigenvalue weighted by molar-refractivity contribution is -0.150. The monoisotopic (exact) mass is 397 g/mol. The molecular formula is C14H25Cl2F4N3O. The average Bonchev–Trinajstić information content (AvgIpc) is 2.95. The molecule has 1 aliphatic carbocycles. The molecule has 0 bridgehead atoms. The van der Waals surface area contributed by atoms with Crippen LogP contribution in [0.4, 0.5) is 17.6 Å². The highest BCUT2D eigenvalue weighted by Crippen LogP contribution is 2.32. The van der Waals surface area contributed by atoms with E-state index in [0.717, 1.165) is 19.3 Å². The van der Waals surface area contributed by atoms with Crippen LogP contribution < -0.4 is 5.73 Å². The third-order valence-corrected chi connectivity index (χ3v) is 4.72. The first kappa shape index (κ1) is 23.7. The van der Waals surface area contributed by atoms with E-state index in [0.29, 0.717) is 19.6 Å². The first-order chi connectivity index (χ1) is 10.3. The van der Waals surface area contributed by atoms with E-state index in [1.54, 1.807) is 4.90 Å². The van der Waals surface area contributed by atoms with Crippen molar-refractivity contribution in [1.29, 1.82) is 0 Å². The van der Waals surface area contributed by atoms with Gasteiger partial charge in [0.2, 0.25) is 5.91 Å². The molecule has 1 aliphatic heterocycles. The number of nitrogens with two attached hydrogens (primary N) is 1. The maximum Gasteiger partial charge on any atom is 0.319 e. The SMILES string of the molecule is Cl.Cl.NC[C@H]1CCC[C@H]1C(=O)N1CCN(CC(F)(F)C(F)F)CC1. The van der Waals surface area contributed by atoms with Crippen LogP contribution in [0.5, 0.6) is 0 Å². The number of hydrogen-bond acceptors (Lipinski definition) is 3. The second-order valence-electron chi connectivity index (χ2n) is 6.20. The number of piperazine rings is 1. The van der Waals surface area contributed by atoms with E-state index in [-0.39, 0.29) is 55.6 Å². The highest BCUT2D eigenvalue weighted by molar-refractivity contribution is 5.85. The van der Waals surface area contributed by atoms with Crippen molar-refractivity contribution in [3.8, 4) is 0 Å². The number of amides is 1. The lowest BCUT2D eigenvalue weighted by Gasteiger charge is -2.37. The Morgan fingerprint density at radius 3 is 2.21 bits per heavy atom. The lowest BCUT2D eigenvalue weighted by Crippen LogP contribution is -2.54. The smallest absolute Gasteiger partial charge is 0.319 e. The highest BCUT2D eigenvalue weighted by atomic mass is 35.5. The van der Waals surface area contributed by atoms with Crippen LogP contribution in [0.3, 0.4) is 0 Å². The molecule has 4 nitrogen and oxygen atoms in total. The van der Waals surface area contributed by atoms with E-state index in [1.165, 1.54) is 4.90 Å². The van der Waals surface area contributed by atoms with E-state index < -0.39 is 18.9 Å². The van der Waals surface area contributed by atoms with Gasteiger partial charge in [0.05, 0.1) is 6.54 Å². The van der Waals surface area contributed by atoms with Gasteiger partial charge in [-0.05, 0) is 25.3 Å². The standard InChI is InChI=1S/C14H23F4N3O.2ClH/c15-13(16)14(17,18)9-20-4-6-21(7-5-20)12(22)11-3-1-2-10(11)8-19;;/h10-11,13H,1-9,19H2;2*1H/t10-,11-;;/m1../s1. The molecule has 2 rings (SSSR count). The molecular weight excluding hydrogens is 373 g/mol. The molecule has 1 saturated heterocycles. The minimum atomic E-state index is -4.00. The Morgan fingerprint density at radius 1 is 1.12 bits per heavy atom. The molecule has 1 amide bonds. The predicted octanol–water partition coefficient (Wildman–Crippen LogP) is 2.25. The summed E-state index contributed by atoms with van der Waals surface area (Å²) in [6.45, 7) is 0.554. The van der Waals surface area contributed by atoms with Gasteiger partial charge in [-0.15, -0.1) is 24.8 Å². The van der Waals surface area contributed by atoms with Crippen molar-refractivity contribution in [3.05, 3.63) is 0 Å². The summed E-state index contributed by atoms with van der Waals surface area (Å²) in [7, 11) is 0. The molecule has 10 heteroatoms. The highest BCUT2D eigenvalue weighted by Gasteiger charge is 2.43. The molecule has 0 aromatic rings. The summed E-state index contributed by atoms with van der Waals surface area (Å²) in [5.41, 5.74) is 5.68. The van der Waals surface area contributed by atoms with Gasteiger partial charge in [0, 0.05) is 32.1 Å². The molecule has 0 aromatic heterocycles. The topological polar surface area (TPSA) is 49.6 Å². The molecule has 0 unspecified atom stereocenters. The normalized spacial score (nSPS) is 25.3. The van der Waals surface area contributed by atoms with Crippen LogP contribution in [-0.2, 0) is 4.79 Å². The summed E-state index contributed by atoms with van der Waals surface area (Å²) in [6.07, 6.45) is -0.896. The Morgan fingerprint density at radius 2 is 1.71 bits per heavy atom. The predicted molar refractivity (Wildman–Crippen MR) is 88.4 cm³/mol. The number of carbonyl (C=O) groups excluding carboxylic acids is 1. The van der Waals surface area contributed by atoms with Crippen LogP contribution in [0.15, 0.2) is 0 Å². The van der Waals surface area contributed by atoms with Crippen molar-refractivity contribution in [2.45, 2.75) is 31.6 Å². The van der Waals surface area contributed by atoms with E-state index in [9.17, 15) is 22.4 Å². The van der Waals surface area contributed by atoms with E-state index >= 15 is 0 Å². The minimum Gasteiger partial charge on any atom is -0.340 e. The number of alkyl halides is 4. The van der Waals surface area contributed by atoms with Crippen molar-refractivity contribution in [1.82, 2.24) is 9.80 Å². The largest absolute Gasteiger partial charge is 0.340 e. The van der Waals surface area contributed by atoms with Crippen molar-refractivity contribution < 1.29 is 22.4 Å². The van der Waals surface area contributed by atoms with Gasteiger partial charge in [-0.3, -0.25) is 9.69 Å². The molecule has 2 aliphatic rings. The quantitative estimate of drug-likeness (QED) is 0.723. The fraction of sp³-hybridized carbons (Fsp3) is 0.929. The Bertz CT molecular complexity index is 396. The summed E-state index contributed by atoms with van der Waals surface area (Å²) < 4.78 is 50.5. The maximum absolute atomic E-state index is 13.0. The molecule has 2 atom stereocenters. The first-order valence-corrected chi connectivity index (χ1v) is 7.72. The van der Waals surface area contributed by atoms with Gasteiger partial charge < -0.3 is 10.6 Å². The Kier molecular flexibility index (Phi) is 9.86. The fourth-order valence-electron chi connectivity index (χ4n) is 3.37. The molecule has 24 heavy (non-hydrogen) atoms. The maximum atomic E-state index is 13.0. The third-order valence-electron chi connectivity index (χ3n) is 4.72. The fourth-order valence-corrected chi connectivity index (χ4v) is 3.37. The van der Waals surface area contributed by atoms with E-state index in [4.69, 9.17) is 5.73 Å². The number of hydrogen-bond donors (Lipinski definition) is 1. The van der Waals surface area contributed by atoms with Crippen LogP contribution in [0.2, 0.25) is 0 Å². The molecule has 0 spiro atoms. The van der Waals surface area contributed by atoms with Gasteiger partial charge in [-0.25, -0.2) is 8.78 Å². The number of carbonyl (C=O) groups is 1. The Labute approximate surface area is 151 Å². The summed E-state index contributed by atoms with van der Waals surface area (Å²) in [5.74, 6) is -3.83. The first-order valence-electron chi connectivity index (χ1n) is 7.72. The van der Waals surface area contributed by atoms with Gasteiger partial charge in [0.25, 0.3) is 0 Å². The van der Waals surface area contributed by atoms with Crippen LogP contribution >= 0.6 is 24.8 Å². The van der Waals surface area contributed by atoms with Crippen LogP contribution in [0, 0.1) is 11.8 Å². The average molecular weight is 398 g/mol. The molecule has 144 valence electrons. The zero-order valence-electron chi connectivity index (χ0n) is 13.3. The molecule has 2 N–H and O–H groups in total. The second-order valence-corrected chi connectivity index (χ2v) is 6.20. The van der Waals surface area contributed by atoms with Gasteiger partial charge in [-0.2, -0.15) is 8.78 Å². The zero-order valence-corrected chi connectivity index (χ0v) is 14.9. The Hall–Kier alpha value is -0.310. The van der Waals surface area contributed by atoms with Crippen LogP contribution in [-0.4, -0.2) is 67.3 Å². The molecule has 0 aromatic carbocycles. The van der Waals surface area contributed by atoms with Crippen LogP contribution in [0.25, 0.3) is 0 Å². The molecule has 2 fully saturated rings. The third kappa shape index (κ3) is 5.61. The number of rotatable bonds is 5. The summed E-state index contributed by atoms with van der Waals surface area (Å²) >= 11 is 0. The molecule has 1 heterocycles. The van der Waals surface area contributed by atoms with Gasteiger partial charge in [-0.1, -0.05) is 6.42 Å². The summed E-state index contributed by atoms with van der Waals surface area (Å²) in [5, 5.41) is 0. The van der Waals surface area contributed by atoms with E-state index in [1.807, 2.05) is 0 Å². The molecule has 0 radical (unpaired) electrons. The second kappa shape index (κ2) is 9.99. The van der Waals surface area contributed by atoms with Crippen molar-refractivity contribution >= 4 is 30.7 Å².